The summed E-state index contributed by atoms with van der Waals surface area (Å²) in [4.78, 5) is 26.0. The van der Waals surface area contributed by atoms with Crippen molar-refractivity contribution in [3.8, 4) is 0 Å². The van der Waals surface area contributed by atoms with Gasteiger partial charge in [0.15, 0.2) is 0 Å². The highest BCUT2D eigenvalue weighted by molar-refractivity contribution is 6.03. The fourth-order valence-corrected chi connectivity index (χ4v) is 2.84. The first-order valence-electron chi connectivity index (χ1n) is 8.11. The molecular weight excluding hydrogens is 320 g/mol. The predicted octanol–water partition coefficient (Wildman–Crippen LogP) is 2.86. The van der Waals surface area contributed by atoms with Crippen molar-refractivity contribution in [2.75, 3.05) is 30.5 Å². The highest BCUT2D eigenvalue weighted by atomic mass is 16.5. The molecule has 2 amide bonds. The summed E-state index contributed by atoms with van der Waals surface area (Å²) in [5.74, 6) is -0.321. The van der Waals surface area contributed by atoms with Crippen molar-refractivity contribution < 1.29 is 18.7 Å². The molecule has 2 aromatic rings. The summed E-state index contributed by atoms with van der Waals surface area (Å²) < 4.78 is 9.91. The van der Waals surface area contributed by atoms with Gasteiger partial charge < -0.3 is 19.4 Å². The van der Waals surface area contributed by atoms with E-state index in [1.165, 1.54) is 13.2 Å². The van der Waals surface area contributed by atoms with Gasteiger partial charge in [0.2, 0.25) is 5.91 Å². The maximum atomic E-state index is 12.2. The Labute approximate surface area is 146 Å². The molecule has 0 aliphatic carbocycles. The summed E-state index contributed by atoms with van der Waals surface area (Å²) in [5, 5.41) is 2.82. The van der Waals surface area contributed by atoms with Gasteiger partial charge in [-0.2, -0.15) is 0 Å². The van der Waals surface area contributed by atoms with Crippen LogP contribution in [0.3, 0.4) is 0 Å². The lowest BCUT2D eigenvalue weighted by atomic mass is 10.0. The molecule has 0 radical (unpaired) electrons. The Kier molecular flexibility index (Phi) is 5.30. The van der Waals surface area contributed by atoms with Crippen molar-refractivity contribution in [3.05, 3.63) is 54.0 Å². The van der Waals surface area contributed by atoms with Crippen molar-refractivity contribution in [1.29, 1.82) is 0 Å². The van der Waals surface area contributed by atoms with Crippen LogP contribution in [-0.2, 0) is 20.7 Å². The van der Waals surface area contributed by atoms with Gasteiger partial charge in [-0.1, -0.05) is 6.07 Å². The minimum atomic E-state index is -0.244. The number of amides is 2. The molecule has 0 unspecified atom stereocenters. The van der Waals surface area contributed by atoms with Crippen LogP contribution in [0.5, 0.6) is 0 Å². The van der Waals surface area contributed by atoms with Crippen molar-refractivity contribution in [2.24, 2.45) is 0 Å². The third-order valence-electron chi connectivity index (χ3n) is 4.01. The van der Waals surface area contributed by atoms with Gasteiger partial charge in [-0.05, 0) is 42.7 Å². The van der Waals surface area contributed by atoms with Gasteiger partial charge in [-0.25, -0.2) is 0 Å². The smallest absolute Gasteiger partial charge is 0.252 e. The predicted molar refractivity (Wildman–Crippen MR) is 95.4 cm³/mol. The molecule has 25 heavy (non-hydrogen) atoms. The summed E-state index contributed by atoms with van der Waals surface area (Å²) in [6, 6.07) is 7.41. The second kappa shape index (κ2) is 7.81. The van der Waals surface area contributed by atoms with E-state index in [1.54, 1.807) is 29.6 Å². The van der Waals surface area contributed by atoms with E-state index in [0.29, 0.717) is 12.2 Å². The third kappa shape index (κ3) is 4.16. The Morgan fingerprint density at radius 1 is 1.36 bits per heavy atom. The van der Waals surface area contributed by atoms with Crippen molar-refractivity contribution in [2.45, 2.75) is 12.8 Å². The average Bonchev–Trinajstić information content (AvgIpc) is 3.13. The number of nitrogens with one attached hydrogen (secondary N) is 1. The molecule has 6 nitrogen and oxygen atoms in total. The SMILES string of the molecule is COCC(=O)N1CCCc2ccc(NC(=O)C=Cc3ccoc3)cc21. The first-order chi connectivity index (χ1) is 12.2. The van der Waals surface area contributed by atoms with E-state index in [1.807, 2.05) is 18.2 Å². The lowest BCUT2D eigenvalue weighted by Crippen LogP contribution is -2.37. The monoisotopic (exact) mass is 340 g/mol. The van der Waals surface area contributed by atoms with Gasteiger partial charge in [0.1, 0.15) is 6.61 Å². The zero-order chi connectivity index (χ0) is 17.6. The zero-order valence-electron chi connectivity index (χ0n) is 14.0. The molecule has 2 heterocycles. The number of ether oxygens (including phenoxy) is 1. The van der Waals surface area contributed by atoms with Crippen LogP contribution in [0, 0.1) is 0 Å². The van der Waals surface area contributed by atoms with E-state index in [0.717, 1.165) is 29.7 Å². The standard InChI is InChI=1S/C19H20N2O4/c1-24-13-19(23)21-9-2-3-15-5-6-16(11-17(15)21)20-18(22)7-4-14-8-10-25-12-14/h4-8,10-12H,2-3,9,13H2,1H3,(H,20,22). The van der Waals surface area contributed by atoms with Crippen LogP contribution in [0.2, 0.25) is 0 Å². The van der Waals surface area contributed by atoms with Crippen molar-refractivity contribution >= 4 is 29.3 Å². The second-order valence-electron chi connectivity index (χ2n) is 5.80. The average molecular weight is 340 g/mol. The molecule has 0 saturated carbocycles. The molecule has 1 aromatic heterocycles. The van der Waals surface area contributed by atoms with Gasteiger partial charge in [0.25, 0.3) is 5.91 Å². The Morgan fingerprint density at radius 2 is 2.24 bits per heavy atom. The number of carbonyl (C=O) groups is 2. The molecule has 0 atom stereocenters. The summed E-state index contributed by atoms with van der Waals surface area (Å²) in [6.07, 6.45) is 8.06. The van der Waals surface area contributed by atoms with E-state index in [-0.39, 0.29) is 18.4 Å². The largest absolute Gasteiger partial charge is 0.472 e. The van der Waals surface area contributed by atoms with Gasteiger partial charge in [-0.15, -0.1) is 0 Å². The van der Waals surface area contributed by atoms with Crippen LogP contribution in [-0.4, -0.2) is 32.1 Å². The van der Waals surface area contributed by atoms with E-state index in [9.17, 15) is 9.59 Å². The number of benzene rings is 1. The molecule has 0 fully saturated rings. The van der Waals surface area contributed by atoms with E-state index < -0.39 is 0 Å². The van der Waals surface area contributed by atoms with Crippen molar-refractivity contribution in [1.82, 2.24) is 0 Å². The van der Waals surface area contributed by atoms with Crippen molar-refractivity contribution in [3.63, 3.8) is 0 Å². The fraction of sp³-hybridized carbons (Fsp3) is 0.263. The lowest BCUT2D eigenvalue weighted by Gasteiger charge is -2.29. The van der Waals surface area contributed by atoms with Crippen LogP contribution in [0.1, 0.15) is 17.5 Å². The van der Waals surface area contributed by atoms with E-state index in [4.69, 9.17) is 9.15 Å². The minimum Gasteiger partial charge on any atom is -0.472 e. The molecule has 6 heteroatoms. The summed E-state index contributed by atoms with van der Waals surface area (Å²) in [7, 11) is 1.51. The molecule has 1 aliphatic rings. The molecule has 3 rings (SSSR count). The number of furan rings is 1. The molecule has 0 spiro atoms. The topological polar surface area (TPSA) is 71.8 Å². The Morgan fingerprint density at radius 3 is 3.00 bits per heavy atom. The molecular formula is C19H20N2O4. The minimum absolute atomic E-state index is 0.0451. The van der Waals surface area contributed by atoms with Gasteiger partial charge >= 0.3 is 0 Å². The van der Waals surface area contributed by atoms with Crippen LogP contribution in [0.15, 0.2) is 47.3 Å². The zero-order valence-corrected chi connectivity index (χ0v) is 14.0. The highest BCUT2D eigenvalue weighted by Crippen LogP contribution is 2.30. The molecule has 0 bridgehead atoms. The fourth-order valence-electron chi connectivity index (χ4n) is 2.84. The number of carbonyl (C=O) groups excluding carboxylic acids is 2. The lowest BCUT2D eigenvalue weighted by molar-refractivity contribution is -0.122. The number of hydrogen-bond donors (Lipinski definition) is 1. The molecule has 1 aliphatic heterocycles. The van der Waals surface area contributed by atoms with Crippen LogP contribution < -0.4 is 10.2 Å². The molecule has 1 N–H and O–H groups in total. The first kappa shape index (κ1) is 17.0. The second-order valence-corrected chi connectivity index (χ2v) is 5.80. The number of fused-ring (bicyclic) bond motifs is 1. The number of methoxy groups -OCH3 is 1. The first-order valence-corrected chi connectivity index (χ1v) is 8.11. The Hall–Kier alpha value is -2.86. The summed E-state index contributed by atoms with van der Waals surface area (Å²) in [6.45, 7) is 0.705. The van der Waals surface area contributed by atoms with Crippen LogP contribution >= 0.6 is 0 Å². The summed E-state index contributed by atoms with van der Waals surface area (Å²) in [5.41, 5.74) is 3.40. The maximum absolute atomic E-state index is 12.2. The number of aryl methyl sites for hydroxylation is 1. The van der Waals surface area contributed by atoms with Gasteiger partial charge in [0, 0.05) is 36.7 Å². The Bertz CT molecular complexity index is 781. The quantitative estimate of drug-likeness (QED) is 0.850. The van der Waals surface area contributed by atoms with Gasteiger partial charge in [-0.3, -0.25) is 9.59 Å². The number of nitrogens with zero attached hydrogens (tertiary/aromatic N) is 1. The third-order valence-corrected chi connectivity index (χ3v) is 4.01. The van der Waals surface area contributed by atoms with Crippen LogP contribution in [0.4, 0.5) is 11.4 Å². The highest BCUT2D eigenvalue weighted by Gasteiger charge is 2.22. The van der Waals surface area contributed by atoms with Crippen LogP contribution in [0.25, 0.3) is 6.08 Å². The number of hydrogen-bond acceptors (Lipinski definition) is 4. The molecule has 0 saturated heterocycles. The molecule has 1 aromatic carbocycles. The Balaban J connectivity index is 1.74. The van der Waals surface area contributed by atoms with E-state index in [2.05, 4.69) is 5.32 Å². The van der Waals surface area contributed by atoms with Gasteiger partial charge in [0.05, 0.1) is 12.5 Å². The maximum Gasteiger partial charge on any atom is 0.252 e. The number of anilines is 2. The molecule has 130 valence electrons. The number of rotatable bonds is 5. The van der Waals surface area contributed by atoms with E-state index >= 15 is 0 Å². The summed E-state index contributed by atoms with van der Waals surface area (Å²) >= 11 is 0. The normalized spacial score (nSPS) is 13.7.